The van der Waals surface area contributed by atoms with Crippen LogP contribution in [0.1, 0.15) is 12.5 Å². The third-order valence-corrected chi connectivity index (χ3v) is 3.46. The minimum atomic E-state index is 0.598. The molecule has 0 unspecified atom stereocenters. The molecular weight excluding hydrogens is 304 g/mol. The van der Waals surface area contributed by atoms with Crippen LogP contribution in [0.25, 0.3) is 0 Å². The van der Waals surface area contributed by atoms with Crippen LogP contribution in [-0.4, -0.2) is 71.0 Å². The molecule has 0 saturated heterocycles. The molecule has 24 heavy (non-hydrogen) atoms. The summed E-state index contributed by atoms with van der Waals surface area (Å²) in [7, 11) is 3.79. The molecule has 0 atom stereocenters. The van der Waals surface area contributed by atoms with Crippen molar-refractivity contribution in [3.05, 3.63) is 29.8 Å². The Morgan fingerprint density at radius 2 is 1.88 bits per heavy atom. The van der Waals surface area contributed by atoms with Crippen LogP contribution in [0.4, 0.5) is 0 Å². The lowest BCUT2D eigenvalue weighted by Crippen LogP contribution is -2.40. The maximum atomic E-state index is 5.71. The van der Waals surface area contributed by atoms with E-state index in [0.29, 0.717) is 13.2 Å². The number of ether oxygens (including phenoxy) is 2. The number of likely N-dealkylation sites (N-methyl/N-ethyl adjacent to an activating group) is 1. The van der Waals surface area contributed by atoms with Gasteiger partial charge in [-0.1, -0.05) is 17.7 Å². The van der Waals surface area contributed by atoms with Crippen molar-refractivity contribution in [2.75, 3.05) is 60.1 Å². The third-order valence-electron chi connectivity index (χ3n) is 3.46. The highest BCUT2D eigenvalue weighted by atomic mass is 16.5. The molecule has 1 rings (SSSR count). The Morgan fingerprint density at radius 3 is 2.54 bits per heavy atom. The molecule has 2 N–H and O–H groups in total. The highest BCUT2D eigenvalue weighted by Gasteiger charge is 2.00. The lowest BCUT2D eigenvalue weighted by Gasteiger charge is -2.16. The van der Waals surface area contributed by atoms with Gasteiger partial charge < -0.3 is 25.0 Å². The Bertz CT molecular complexity index is 463. The minimum absolute atomic E-state index is 0.598. The predicted molar refractivity (Wildman–Crippen MR) is 100 cm³/mol. The zero-order valence-corrected chi connectivity index (χ0v) is 15.5. The third kappa shape index (κ3) is 9.37. The van der Waals surface area contributed by atoms with Crippen LogP contribution >= 0.6 is 0 Å². The number of nitrogens with zero attached hydrogens (tertiary/aromatic N) is 2. The van der Waals surface area contributed by atoms with Gasteiger partial charge in [-0.15, -0.1) is 0 Å². The average molecular weight is 336 g/mol. The second-order valence-electron chi connectivity index (χ2n) is 5.65. The first-order valence-corrected chi connectivity index (χ1v) is 8.54. The first-order chi connectivity index (χ1) is 11.7. The van der Waals surface area contributed by atoms with E-state index in [1.165, 1.54) is 5.56 Å². The van der Waals surface area contributed by atoms with E-state index in [2.05, 4.69) is 41.4 Å². The number of hydrogen-bond acceptors (Lipinski definition) is 4. The number of aliphatic imine (C=N–C) groups is 1. The summed E-state index contributed by atoms with van der Waals surface area (Å²) >= 11 is 0. The monoisotopic (exact) mass is 336 g/mol. The van der Waals surface area contributed by atoms with Gasteiger partial charge in [-0.3, -0.25) is 4.99 Å². The molecule has 0 amide bonds. The van der Waals surface area contributed by atoms with Crippen molar-refractivity contribution >= 4 is 5.96 Å². The quantitative estimate of drug-likeness (QED) is 0.364. The maximum Gasteiger partial charge on any atom is 0.191 e. The van der Waals surface area contributed by atoms with Crippen molar-refractivity contribution in [2.24, 2.45) is 4.99 Å². The van der Waals surface area contributed by atoms with Gasteiger partial charge in [0.15, 0.2) is 5.96 Å². The molecule has 1 aromatic carbocycles. The lowest BCUT2D eigenvalue weighted by molar-refractivity contribution is 0.163. The summed E-state index contributed by atoms with van der Waals surface area (Å²) in [5.74, 6) is 1.72. The number of nitrogens with one attached hydrogen (secondary N) is 2. The highest BCUT2D eigenvalue weighted by molar-refractivity contribution is 5.79. The molecule has 0 fully saturated rings. The van der Waals surface area contributed by atoms with Gasteiger partial charge in [0.25, 0.3) is 0 Å². The van der Waals surface area contributed by atoms with Crippen molar-refractivity contribution in [1.82, 2.24) is 15.5 Å². The molecule has 0 bridgehead atoms. The van der Waals surface area contributed by atoms with Gasteiger partial charge in [-0.25, -0.2) is 0 Å². The molecular formula is C18H32N4O2. The number of benzene rings is 1. The molecule has 6 nitrogen and oxygen atoms in total. The molecule has 0 spiro atoms. The Balaban J connectivity index is 2.26. The lowest BCUT2D eigenvalue weighted by atomic mass is 10.2. The van der Waals surface area contributed by atoms with Crippen molar-refractivity contribution in [1.29, 1.82) is 0 Å². The van der Waals surface area contributed by atoms with Crippen LogP contribution in [0.5, 0.6) is 5.75 Å². The van der Waals surface area contributed by atoms with Crippen LogP contribution in [0.3, 0.4) is 0 Å². The van der Waals surface area contributed by atoms with Gasteiger partial charge >= 0.3 is 0 Å². The van der Waals surface area contributed by atoms with E-state index >= 15 is 0 Å². The van der Waals surface area contributed by atoms with Crippen molar-refractivity contribution in [3.8, 4) is 5.75 Å². The Labute approximate surface area is 146 Å². The van der Waals surface area contributed by atoms with E-state index in [-0.39, 0.29) is 0 Å². The van der Waals surface area contributed by atoms with Gasteiger partial charge in [0.1, 0.15) is 12.4 Å². The summed E-state index contributed by atoms with van der Waals surface area (Å²) < 4.78 is 10.8. The maximum absolute atomic E-state index is 5.71. The van der Waals surface area contributed by atoms with Crippen LogP contribution in [0.15, 0.2) is 29.3 Å². The normalized spacial score (nSPS) is 11.6. The Hall–Kier alpha value is -1.79. The Morgan fingerprint density at radius 1 is 1.12 bits per heavy atom. The van der Waals surface area contributed by atoms with E-state index in [1.807, 2.05) is 24.3 Å². The number of methoxy groups -OCH3 is 1. The van der Waals surface area contributed by atoms with Crippen molar-refractivity contribution in [2.45, 2.75) is 13.8 Å². The summed E-state index contributed by atoms with van der Waals surface area (Å²) in [6.07, 6.45) is 0. The second-order valence-corrected chi connectivity index (χ2v) is 5.65. The van der Waals surface area contributed by atoms with Gasteiger partial charge in [0.05, 0.1) is 19.7 Å². The highest BCUT2D eigenvalue weighted by Crippen LogP contribution is 2.10. The first-order valence-electron chi connectivity index (χ1n) is 8.54. The van der Waals surface area contributed by atoms with Gasteiger partial charge in [-0.05, 0) is 33.0 Å². The summed E-state index contributed by atoms with van der Waals surface area (Å²) in [6.45, 7) is 9.58. The van der Waals surface area contributed by atoms with Crippen molar-refractivity contribution < 1.29 is 9.47 Å². The summed E-state index contributed by atoms with van der Waals surface area (Å²) in [5.41, 5.74) is 1.23. The van der Waals surface area contributed by atoms with Crippen LogP contribution in [-0.2, 0) is 4.74 Å². The molecule has 0 aliphatic heterocycles. The summed E-state index contributed by atoms with van der Waals surface area (Å²) in [6, 6.07) is 8.08. The fraction of sp³-hybridized carbons (Fsp3) is 0.611. The largest absolute Gasteiger partial charge is 0.492 e. The number of rotatable bonds is 11. The Kier molecular flexibility index (Phi) is 10.6. The zero-order valence-electron chi connectivity index (χ0n) is 15.5. The van der Waals surface area contributed by atoms with Crippen molar-refractivity contribution in [3.63, 3.8) is 0 Å². The summed E-state index contributed by atoms with van der Waals surface area (Å²) in [4.78, 5) is 6.78. The van der Waals surface area contributed by atoms with E-state index in [4.69, 9.17) is 9.47 Å². The fourth-order valence-electron chi connectivity index (χ4n) is 2.01. The van der Waals surface area contributed by atoms with Crippen LogP contribution in [0.2, 0.25) is 0 Å². The van der Waals surface area contributed by atoms with Gasteiger partial charge in [0, 0.05) is 26.7 Å². The van der Waals surface area contributed by atoms with E-state index < -0.39 is 0 Å². The molecule has 1 aromatic rings. The minimum Gasteiger partial charge on any atom is -0.492 e. The standard InChI is InChI=1S/C18H32N4O2/c1-5-19-18(20-10-12-22(3)13-15-23-4)21-11-14-24-17-8-6-16(2)7-9-17/h6-9H,5,10-15H2,1-4H3,(H2,19,20,21). The van der Waals surface area contributed by atoms with Crippen LogP contribution < -0.4 is 15.4 Å². The molecule has 0 aromatic heterocycles. The van der Waals surface area contributed by atoms with Crippen LogP contribution in [0, 0.1) is 6.92 Å². The van der Waals surface area contributed by atoms with E-state index in [9.17, 15) is 0 Å². The van der Waals surface area contributed by atoms with Gasteiger partial charge in [0.2, 0.25) is 0 Å². The SMILES string of the molecule is CCNC(=NCCN(C)CCOC)NCCOc1ccc(C)cc1. The summed E-state index contributed by atoms with van der Waals surface area (Å²) in [5, 5.41) is 6.54. The molecule has 0 heterocycles. The average Bonchev–Trinajstić information content (AvgIpc) is 2.58. The fourth-order valence-corrected chi connectivity index (χ4v) is 2.01. The molecule has 0 saturated carbocycles. The van der Waals surface area contributed by atoms with E-state index in [1.54, 1.807) is 7.11 Å². The molecule has 6 heteroatoms. The smallest absolute Gasteiger partial charge is 0.191 e. The second kappa shape index (κ2) is 12.6. The molecule has 0 radical (unpaired) electrons. The molecule has 0 aliphatic rings. The number of guanidine groups is 1. The topological polar surface area (TPSA) is 58.1 Å². The number of aryl methyl sites for hydroxylation is 1. The van der Waals surface area contributed by atoms with Gasteiger partial charge in [-0.2, -0.15) is 0 Å². The van der Waals surface area contributed by atoms with E-state index in [0.717, 1.165) is 44.5 Å². The molecule has 136 valence electrons. The first kappa shape index (κ1) is 20.3. The predicted octanol–water partition coefficient (Wildman–Crippen LogP) is 1.51. The zero-order chi connectivity index (χ0) is 17.6. The number of hydrogen-bond donors (Lipinski definition) is 2. The molecule has 0 aliphatic carbocycles.